The van der Waals surface area contributed by atoms with Crippen LogP contribution in [0.15, 0.2) is 18.2 Å². The van der Waals surface area contributed by atoms with Crippen molar-refractivity contribution in [1.29, 1.82) is 0 Å². The summed E-state index contributed by atoms with van der Waals surface area (Å²) in [5.74, 6) is 0. The first-order chi connectivity index (χ1) is 9.56. The predicted molar refractivity (Wildman–Crippen MR) is 84.5 cm³/mol. The topological polar surface area (TPSA) is 38.5 Å². The number of rotatable bonds is 4. The number of nitrogens with two attached hydrogens (primary N) is 1. The van der Waals surface area contributed by atoms with Crippen LogP contribution in [0.25, 0.3) is 0 Å². The van der Waals surface area contributed by atoms with E-state index >= 15 is 0 Å². The minimum Gasteiger partial charge on any atom is -0.376 e. The molecule has 112 valence electrons. The molecule has 1 aliphatic rings. The maximum Gasteiger partial charge on any atom is 0.0675 e. The van der Waals surface area contributed by atoms with E-state index in [1.165, 1.54) is 0 Å². The number of nitrogens with zero attached hydrogens (tertiary/aromatic N) is 1. The third kappa shape index (κ3) is 3.46. The molecule has 1 fully saturated rings. The fraction of sp³-hybridized carbons (Fsp3) is 0.600. The Hall–Kier alpha value is -0.320. The quantitative estimate of drug-likeness (QED) is 0.924. The lowest BCUT2D eigenvalue weighted by atomic mass is 10.0. The number of hydrogen-bond acceptors (Lipinski definition) is 3. The van der Waals surface area contributed by atoms with E-state index < -0.39 is 0 Å². The van der Waals surface area contributed by atoms with Crippen molar-refractivity contribution in [2.45, 2.75) is 38.5 Å². The van der Waals surface area contributed by atoms with E-state index in [4.69, 9.17) is 33.7 Å². The van der Waals surface area contributed by atoms with Crippen LogP contribution in [0, 0.1) is 0 Å². The van der Waals surface area contributed by atoms with Crippen molar-refractivity contribution in [3.8, 4) is 0 Å². The molecule has 2 N–H and O–H groups in total. The standard InChI is InChI=1S/C15H22Cl2N2O/c1-3-12-9-20-10(2)8-19(12)15(7-18)11-4-5-13(16)14(17)6-11/h4-6,10,12,15H,3,7-9,18H2,1-2H3. The molecule has 3 atom stereocenters. The van der Waals surface area contributed by atoms with Gasteiger partial charge in [0.05, 0.1) is 22.8 Å². The van der Waals surface area contributed by atoms with Crippen molar-refractivity contribution in [3.05, 3.63) is 33.8 Å². The van der Waals surface area contributed by atoms with Crippen LogP contribution in [0.4, 0.5) is 0 Å². The highest BCUT2D eigenvalue weighted by molar-refractivity contribution is 6.42. The predicted octanol–water partition coefficient (Wildman–Crippen LogP) is 3.49. The van der Waals surface area contributed by atoms with Crippen molar-refractivity contribution < 1.29 is 4.74 Å². The Morgan fingerprint density at radius 3 is 2.75 bits per heavy atom. The smallest absolute Gasteiger partial charge is 0.0675 e. The summed E-state index contributed by atoms with van der Waals surface area (Å²) >= 11 is 12.1. The molecule has 0 radical (unpaired) electrons. The third-order valence-corrected chi connectivity index (χ3v) is 4.67. The lowest BCUT2D eigenvalue weighted by Crippen LogP contribution is -2.51. The zero-order valence-corrected chi connectivity index (χ0v) is 13.5. The molecule has 0 saturated carbocycles. The molecular weight excluding hydrogens is 295 g/mol. The van der Waals surface area contributed by atoms with Gasteiger partial charge in [0, 0.05) is 25.2 Å². The summed E-state index contributed by atoms with van der Waals surface area (Å²) in [5, 5.41) is 1.16. The summed E-state index contributed by atoms with van der Waals surface area (Å²) in [5.41, 5.74) is 7.15. The summed E-state index contributed by atoms with van der Waals surface area (Å²) in [6.07, 6.45) is 1.28. The molecule has 3 unspecified atom stereocenters. The van der Waals surface area contributed by atoms with Crippen molar-refractivity contribution >= 4 is 23.2 Å². The van der Waals surface area contributed by atoms with Gasteiger partial charge in [-0.25, -0.2) is 0 Å². The molecule has 1 aromatic carbocycles. The highest BCUT2D eigenvalue weighted by Crippen LogP contribution is 2.31. The zero-order chi connectivity index (χ0) is 14.7. The fourth-order valence-corrected chi connectivity index (χ4v) is 3.09. The van der Waals surface area contributed by atoms with E-state index in [1.807, 2.05) is 18.2 Å². The Morgan fingerprint density at radius 1 is 1.40 bits per heavy atom. The second-order valence-corrected chi connectivity index (χ2v) is 6.14. The first-order valence-corrected chi connectivity index (χ1v) is 7.84. The molecular formula is C15H22Cl2N2O. The van der Waals surface area contributed by atoms with Gasteiger partial charge in [0.1, 0.15) is 0 Å². The van der Waals surface area contributed by atoms with Crippen LogP contribution < -0.4 is 5.73 Å². The Morgan fingerprint density at radius 2 is 2.15 bits per heavy atom. The maximum atomic E-state index is 6.14. The first-order valence-electron chi connectivity index (χ1n) is 7.09. The van der Waals surface area contributed by atoms with Crippen molar-refractivity contribution in [1.82, 2.24) is 4.90 Å². The largest absolute Gasteiger partial charge is 0.376 e. The van der Waals surface area contributed by atoms with E-state index in [2.05, 4.69) is 18.7 Å². The van der Waals surface area contributed by atoms with Crippen molar-refractivity contribution in [3.63, 3.8) is 0 Å². The summed E-state index contributed by atoms with van der Waals surface area (Å²) < 4.78 is 5.76. The van der Waals surface area contributed by atoms with Gasteiger partial charge in [-0.05, 0) is 31.0 Å². The number of benzene rings is 1. The number of hydrogen-bond donors (Lipinski definition) is 1. The molecule has 0 aliphatic carbocycles. The molecule has 0 bridgehead atoms. The van der Waals surface area contributed by atoms with Crippen LogP contribution in [0.2, 0.25) is 10.0 Å². The average molecular weight is 317 g/mol. The second kappa shape index (κ2) is 7.10. The second-order valence-electron chi connectivity index (χ2n) is 5.33. The van der Waals surface area contributed by atoms with E-state index in [9.17, 15) is 0 Å². The molecule has 2 rings (SSSR count). The molecule has 3 nitrogen and oxygen atoms in total. The Balaban J connectivity index is 2.26. The highest BCUT2D eigenvalue weighted by Gasteiger charge is 2.31. The summed E-state index contributed by atoms with van der Waals surface area (Å²) in [4.78, 5) is 2.44. The molecule has 1 saturated heterocycles. The molecule has 0 aromatic heterocycles. The van der Waals surface area contributed by atoms with Crippen LogP contribution in [-0.2, 0) is 4.74 Å². The molecule has 20 heavy (non-hydrogen) atoms. The van der Waals surface area contributed by atoms with Gasteiger partial charge in [-0.1, -0.05) is 36.2 Å². The lowest BCUT2D eigenvalue weighted by Gasteiger charge is -2.43. The van der Waals surface area contributed by atoms with Crippen LogP contribution in [0.3, 0.4) is 0 Å². The highest BCUT2D eigenvalue weighted by atomic mass is 35.5. The van der Waals surface area contributed by atoms with Gasteiger partial charge in [0.25, 0.3) is 0 Å². The van der Waals surface area contributed by atoms with Crippen LogP contribution in [0.5, 0.6) is 0 Å². The van der Waals surface area contributed by atoms with Gasteiger partial charge in [0.2, 0.25) is 0 Å². The first kappa shape index (κ1) is 16.1. The third-order valence-electron chi connectivity index (χ3n) is 3.93. The molecule has 0 spiro atoms. The normalized spacial score (nSPS) is 25.6. The van der Waals surface area contributed by atoms with E-state index in [-0.39, 0.29) is 12.1 Å². The average Bonchev–Trinajstić information content (AvgIpc) is 2.44. The van der Waals surface area contributed by atoms with E-state index in [0.717, 1.165) is 25.1 Å². The summed E-state index contributed by atoms with van der Waals surface area (Å²) in [7, 11) is 0. The monoisotopic (exact) mass is 316 g/mol. The van der Waals surface area contributed by atoms with Crippen LogP contribution >= 0.6 is 23.2 Å². The minimum absolute atomic E-state index is 0.154. The number of ether oxygens (including phenoxy) is 1. The number of morpholine rings is 1. The van der Waals surface area contributed by atoms with Gasteiger partial charge in [-0.3, -0.25) is 4.90 Å². The van der Waals surface area contributed by atoms with E-state index in [1.54, 1.807) is 0 Å². The van der Waals surface area contributed by atoms with Crippen LogP contribution in [-0.4, -0.2) is 36.7 Å². The molecule has 1 aliphatic heterocycles. The zero-order valence-electron chi connectivity index (χ0n) is 12.0. The molecule has 0 amide bonds. The molecule has 5 heteroatoms. The SMILES string of the molecule is CCC1COC(C)CN1C(CN)c1ccc(Cl)c(Cl)c1. The van der Waals surface area contributed by atoms with Gasteiger partial charge in [0.15, 0.2) is 0 Å². The van der Waals surface area contributed by atoms with Gasteiger partial charge < -0.3 is 10.5 Å². The molecule has 1 heterocycles. The van der Waals surface area contributed by atoms with E-state index in [0.29, 0.717) is 22.6 Å². The molecule has 1 aromatic rings. The lowest BCUT2D eigenvalue weighted by molar-refractivity contribution is -0.0719. The Bertz CT molecular complexity index is 455. The van der Waals surface area contributed by atoms with Crippen molar-refractivity contribution in [2.75, 3.05) is 19.7 Å². The Kier molecular flexibility index (Phi) is 5.70. The maximum absolute atomic E-state index is 6.14. The van der Waals surface area contributed by atoms with Gasteiger partial charge >= 0.3 is 0 Å². The minimum atomic E-state index is 0.154. The summed E-state index contributed by atoms with van der Waals surface area (Å²) in [6, 6.07) is 6.33. The fourth-order valence-electron chi connectivity index (χ4n) is 2.79. The van der Waals surface area contributed by atoms with Crippen LogP contribution in [0.1, 0.15) is 31.9 Å². The van der Waals surface area contributed by atoms with Gasteiger partial charge in [-0.2, -0.15) is 0 Å². The number of halogens is 2. The summed E-state index contributed by atoms with van der Waals surface area (Å²) in [6.45, 7) is 6.48. The van der Waals surface area contributed by atoms with Gasteiger partial charge in [-0.15, -0.1) is 0 Å². The Labute approximate surface area is 131 Å². The van der Waals surface area contributed by atoms with Crippen molar-refractivity contribution in [2.24, 2.45) is 5.73 Å².